The molecule has 0 radical (unpaired) electrons. The van der Waals surface area contributed by atoms with Crippen LogP contribution in [0.1, 0.15) is 16.7 Å². The minimum atomic E-state index is -0.373. The second kappa shape index (κ2) is 8.98. The maximum absolute atomic E-state index is 12.6. The van der Waals surface area contributed by atoms with Crippen molar-refractivity contribution in [2.45, 2.75) is 20.8 Å². The third-order valence-electron chi connectivity index (χ3n) is 5.07. The number of benzene rings is 2. The molecule has 1 N–H and O–H groups in total. The van der Waals surface area contributed by atoms with Crippen molar-refractivity contribution in [1.82, 2.24) is 9.97 Å². The van der Waals surface area contributed by atoms with Gasteiger partial charge in [0.15, 0.2) is 23.6 Å². The van der Waals surface area contributed by atoms with E-state index in [1.54, 1.807) is 44.3 Å². The number of halogens is 3. The fraction of sp³-hybridized carbons (Fsp3) is 0.174. The lowest BCUT2D eigenvalue weighted by molar-refractivity contribution is -0.118. The summed E-state index contributed by atoms with van der Waals surface area (Å²) in [4.78, 5) is 21.2. The highest BCUT2D eigenvalue weighted by molar-refractivity contribution is 6.42. The standard InChI is InChI=1S/C23H18Cl3N3O3/c1-11-14(23-29-22-16(32-23)8-5-9-27-22)6-4-7-15(11)28-17(30)10-31-21-19(25)12(2)18(24)13(3)20(21)26/h4-9H,10H2,1-3H3,(H,28,30). The van der Waals surface area contributed by atoms with Crippen LogP contribution in [0.5, 0.6) is 5.75 Å². The van der Waals surface area contributed by atoms with Crippen LogP contribution in [0.2, 0.25) is 15.1 Å². The van der Waals surface area contributed by atoms with Crippen LogP contribution in [0.4, 0.5) is 5.69 Å². The SMILES string of the molecule is Cc1c(NC(=O)COc2c(Cl)c(C)c(Cl)c(C)c2Cl)cccc1-c1nc2ncccc2o1. The molecule has 0 bridgehead atoms. The van der Waals surface area contributed by atoms with E-state index in [1.807, 2.05) is 13.0 Å². The number of anilines is 1. The summed E-state index contributed by atoms with van der Waals surface area (Å²) in [7, 11) is 0. The van der Waals surface area contributed by atoms with Crippen LogP contribution in [0.15, 0.2) is 40.9 Å². The van der Waals surface area contributed by atoms with Crippen LogP contribution in [0, 0.1) is 20.8 Å². The predicted octanol–water partition coefficient (Wildman–Crippen LogP) is 6.79. The summed E-state index contributed by atoms with van der Waals surface area (Å²) >= 11 is 18.9. The maximum atomic E-state index is 12.6. The van der Waals surface area contributed by atoms with Crippen molar-refractivity contribution in [3.8, 4) is 17.2 Å². The number of pyridine rings is 1. The van der Waals surface area contributed by atoms with E-state index in [9.17, 15) is 4.79 Å². The number of aromatic nitrogens is 2. The molecule has 0 spiro atoms. The number of carbonyl (C=O) groups excluding carboxylic acids is 1. The minimum Gasteiger partial charge on any atom is -0.481 e. The quantitative estimate of drug-likeness (QED) is 0.333. The van der Waals surface area contributed by atoms with Gasteiger partial charge in [-0.05, 0) is 61.7 Å². The number of carbonyl (C=O) groups is 1. The number of oxazole rings is 1. The lowest BCUT2D eigenvalue weighted by atomic mass is 10.1. The highest BCUT2D eigenvalue weighted by atomic mass is 35.5. The van der Waals surface area contributed by atoms with Gasteiger partial charge in [-0.25, -0.2) is 4.98 Å². The summed E-state index contributed by atoms with van der Waals surface area (Å²) in [5.41, 5.74) is 4.54. The van der Waals surface area contributed by atoms with Crippen molar-refractivity contribution in [2.24, 2.45) is 0 Å². The van der Waals surface area contributed by atoms with E-state index >= 15 is 0 Å². The van der Waals surface area contributed by atoms with E-state index in [4.69, 9.17) is 44.0 Å². The molecule has 2 heterocycles. The second-order valence-electron chi connectivity index (χ2n) is 7.18. The fourth-order valence-corrected chi connectivity index (χ4v) is 4.07. The summed E-state index contributed by atoms with van der Waals surface area (Å²) < 4.78 is 11.4. The van der Waals surface area contributed by atoms with Gasteiger partial charge < -0.3 is 14.5 Å². The second-order valence-corrected chi connectivity index (χ2v) is 8.31. The molecule has 0 aliphatic carbocycles. The molecule has 0 aliphatic heterocycles. The first-order valence-electron chi connectivity index (χ1n) is 9.65. The van der Waals surface area contributed by atoms with Crippen LogP contribution in [0.3, 0.4) is 0 Å². The van der Waals surface area contributed by atoms with E-state index in [2.05, 4.69) is 15.3 Å². The Bertz CT molecular complexity index is 1290. The molecule has 0 saturated heterocycles. The van der Waals surface area contributed by atoms with Crippen LogP contribution >= 0.6 is 34.8 Å². The lowest BCUT2D eigenvalue weighted by Crippen LogP contribution is -2.21. The summed E-state index contributed by atoms with van der Waals surface area (Å²) in [6, 6.07) is 9.04. The van der Waals surface area contributed by atoms with E-state index in [1.165, 1.54) is 0 Å². The monoisotopic (exact) mass is 489 g/mol. The van der Waals surface area contributed by atoms with Gasteiger partial charge >= 0.3 is 0 Å². The zero-order valence-corrected chi connectivity index (χ0v) is 19.7. The average molecular weight is 491 g/mol. The molecule has 2 aromatic carbocycles. The Morgan fingerprint density at radius 2 is 1.72 bits per heavy atom. The van der Waals surface area contributed by atoms with Crippen LogP contribution in [0.25, 0.3) is 22.7 Å². The van der Waals surface area contributed by atoms with E-state index < -0.39 is 0 Å². The zero-order valence-electron chi connectivity index (χ0n) is 17.4. The molecule has 4 rings (SSSR count). The van der Waals surface area contributed by atoms with Crippen molar-refractivity contribution in [3.63, 3.8) is 0 Å². The Balaban J connectivity index is 1.53. The van der Waals surface area contributed by atoms with Crippen molar-refractivity contribution in [2.75, 3.05) is 11.9 Å². The first-order valence-corrected chi connectivity index (χ1v) is 10.8. The molecule has 9 heteroatoms. The molecule has 0 unspecified atom stereocenters. The number of hydrogen-bond donors (Lipinski definition) is 1. The molecule has 4 aromatic rings. The van der Waals surface area contributed by atoms with Gasteiger partial charge in [0.05, 0.1) is 10.0 Å². The Kier molecular flexibility index (Phi) is 6.29. The first kappa shape index (κ1) is 22.4. The molecule has 0 fully saturated rings. The predicted molar refractivity (Wildman–Crippen MR) is 127 cm³/mol. The summed E-state index contributed by atoms with van der Waals surface area (Å²) in [6.45, 7) is 5.11. The molecular formula is C23H18Cl3N3O3. The number of amides is 1. The Morgan fingerprint density at radius 3 is 2.41 bits per heavy atom. The number of ether oxygens (including phenoxy) is 1. The fourth-order valence-electron chi connectivity index (χ4n) is 3.25. The Labute approximate surface area is 199 Å². The largest absolute Gasteiger partial charge is 0.481 e. The average Bonchev–Trinajstić information content (AvgIpc) is 3.21. The smallest absolute Gasteiger partial charge is 0.262 e. The number of nitrogens with zero attached hydrogens (tertiary/aromatic N) is 2. The number of nitrogens with one attached hydrogen (secondary N) is 1. The number of hydrogen-bond acceptors (Lipinski definition) is 5. The molecule has 0 aliphatic rings. The van der Waals surface area contributed by atoms with Crippen molar-refractivity contribution >= 4 is 57.6 Å². The van der Waals surface area contributed by atoms with Gasteiger partial charge in [-0.15, -0.1) is 0 Å². The lowest BCUT2D eigenvalue weighted by Gasteiger charge is -2.16. The molecular weight excluding hydrogens is 473 g/mol. The summed E-state index contributed by atoms with van der Waals surface area (Å²) in [6.07, 6.45) is 1.65. The Morgan fingerprint density at radius 1 is 1.00 bits per heavy atom. The summed E-state index contributed by atoms with van der Waals surface area (Å²) in [5.74, 6) is 0.281. The van der Waals surface area contributed by atoms with Gasteiger partial charge in [0.2, 0.25) is 5.89 Å². The molecule has 0 saturated carbocycles. The Hall–Kier alpha value is -2.80. The van der Waals surface area contributed by atoms with E-state index in [0.717, 1.165) is 11.1 Å². The number of rotatable bonds is 5. The topological polar surface area (TPSA) is 77.2 Å². The normalized spacial score (nSPS) is 11.1. The van der Waals surface area contributed by atoms with Crippen LogP contribution in [-0.4, -0.2) is 22.5 Å². The molecule has 2 aromatic heterocycles. The third kappa shape index (κ3) is 4.13. The summed E-state index contributed by atoms with van der Waals surface area (Å²) in [5, 5.41) is 3.87. The third-order valence-corrected chi connectivity index (χ3v) is 6.54. The van der Waals surface area contributed by atoms with Gasteiger partial charge in [0, 0.05) is 22.5 Å². The molecule has 1 amide bonds. The minimum absolute atomic E-state index is 0.229. The van der Waals surface area contributed by atoms with Gasteiger partial charge in [-0.2, -0.15) is 4.98 Å². The molecule has 6 nitrogen and oxygen atoms in total. The highest BCUT2D eigenvalue weighted by Gasteiger charge is 2.19. The van der Waals surface area contributed by atoms with Gasteiger partial charge in [0.1, 0.15) is 0 Å². The van der Waals surface area contributed by atoms with Gasteiger partial charge in [-0.1, -0.05) is 40.9 Å². The van der Waals surface area contributed by atoms with Gasteiger partial charge in [-0.3, -0.25) is 4.79 Å². The van der Waals surface area contributed by atoms with Crippen molar-refractivity contribution in [1.29, 1.82) is 0 Å². The molecule has 0 atom stereocenters. The maximum Gasteiger partial charge on any atom is 0.262 e. The van der Waals surface area contributed by atoms with Crippen molar-refractivity contribution in [3.05, 3.63) is 68.3 Å². The molecule has 164 valence electrons. The van der Waals surface area contributed by atoms with Crippen molar-refractivity contribution < 1.29 is 13.9 Å². The van der Waals surface area contributed by atoms with E-state index in [-0.39, 0.29) is 28.3 Å². The highest BCUT2D eigenvalue weighted by Crippen LogP contribution is 2.42. The number of fused-ring (bicyclic) bond motifs is 1. The first-order chi connectivity index (χ1) is 15.3. The molecule has 32 heavy (non-hydrogen) atoms. The van der Waals surface area contributed by atoms with Gasteiger partial charge in [0.25, 0.3) is 5.91 Å². The zero-order chi connectivity index (χ0) is 23.0. The van der Waals surface area contributed by atoms with Crippen LogP contribution in [-0.2, 0) is 4.79 Å². The van der Waals surface area contributed by atoms with E-state index in [0.29, 0.717) is 39.0 Å². The van der Waals surface area contributed by atoms with Crippen LogP contribution < -0.4 is 10.1 Å².